The minimum Gasteiger partial charge on any atom is -0.465 e. The number of rotatable bonds is 7. The molecule has 0 aliphatic rings. The summed E-state index contributed by atoms with van der Waals surface area (Å²) in [7, 11) is 1.30. The minimum atomic E-state index is -0.921. The van der Waals surface area contributed by atoms with Crippen molar-refractivity contribution in [2.75, 3.05) is 12.4 Å². The predicted molar refractivity (Wildman–Crippen MR) is 97.6 cm³/mol. The number of carbonyl (C=O) groups is 2. The molecule has 1 atom stereocenters. The maximum atomic E-state index is 12.1. The van der Waals surface area contributed by atoms with Crippen LogP contribution >= 0.6 is 0 Å². The van der Waals surface area contributed by atoms with Crippen molar-refractivity contribution in [1.29, 1.82) is 0 Å². The maximum Gasteiger partial charge on any atom is 0.337 e. The van der Waals surface area contributed by atoms with Gasteiger partial charge in [0.25, 0.3) is 11.6 Å². The molecular weight excluding hydrogens is 354 g/mol. The third-order valence-electron chi connectivity index (χ3n) is 3.45. The lowest BCUT2D eigenvalue weighted by Gasteiger charge is -2.10. The van der Waals surface area contributed by atoms with E-state index in [9.17, 15) is 19.7 Å². The molecule has 0 heterocycles. The van der Waals surface area contributed by atoms with E-state index in [1.807, 2.05) is 0 Å². The summed E-state index contributed by atoms with van der Waals surface area (Å²) in [6, 6.07) is 12.0. The van der Waals surface area contributed by atoms with Crippen LogP contribution in [0.5, 0.6) is 0 Å². The van der Waals surface area contributed by atoms with Gasteiger partial charge in [-0.3, -0.25) is 14.9 Å². The molecule has 2 rings (SSSR count). The number of nitrogens with one attached hydrogen (secondary N) is 1. The molecule has 2 aromatic rings. The van der Waals surface area contributed by atoms with Gasteiger partial charge in [0.1, 0.15) is 0 Å². The molecule has 0 saturated carbocycles. The van der Waals surface area contributed by atoms with E-state index in [0.717, 1.165) is 0 Å². The molecule has 0 fully saturated rings. The fourth-order valence-electron chi connectivity index (χ4n) is 1.99. The van der Waals surface area contributed by atoms with E-state index >= 15 is 0 Å². The van der Waals surface area contributed by atoms with E-state index in [1.54, 1.807) is 24.3 Å². The summed E-state index contributed by atoms with van der Waals surface area (Å²) < 4.78 is 4.61. The minimum absolute atomic E-state index is 0.130. The van der Waals surface area contributed by atoms with Gasteiger partial charge in [0.15, 0.2) is 0 Å². The Kier molecular flexibility index (Phi) is 6.59. The number of hydrogen-bond donors (Lipinski definition) is 1. The molecule has 1 amide bonds. The van der Waals surface area contributed by atoms with E-state index in [2.05, 4.69) is 15.2 Å². The zero-order chi connectivity index (χ0) is 19.8. The van der Waals surface area contributed by atoms with Crippen LogP contribution in [0.1, 0.15) is 22.8 Å². The summed E-state index contributed by atoms with van der Waals surface area (Å²) >= 11 is 0. The molecule has 9 nitrogen and oxygen atoms in total. The van der Waals surface area contributed by atoms with Crippen molar-refractivity contribution in [2.24, 2.45) is 5.16 Å². The van der Waals surface area contributed by atoms with Gasteiger partial charge in [-0.2, -0.15) is 0 Å². The highest BCUT2D eigenvalue weighted by Crippen LogP contribution is 2.17. The second-order valence-electron chi connectivity index (χ2n) is 5.39. The van der Waals surface area contributed by atoms with E-state index in [4.69, 9.17) is 4.84 Å². The van der Waals surface area contributed by atoms with Gasteiger partial charge >= 0.3 is 5.97 Å². The highest BCUT2D eigenvalue weighted by Gasteiger charge is 2.15. The second-order valence-corrected chi connectivity index (χ2v) is 5.39. The molecule has 2 aromatic carbocycles. The van der Waals surface area contributed by atoms with Crippen LogP contribution in [0.4, 0.5) is 11.4 Å². The number of methoxy groups -OCH3 is 1. The van der Waals surface area contributed by atoms with E-state index < -0.39 is 22.9 Å². The largest absolute Gasteiger partial charge is 0.465 e. The first-order valence-corrected chi connectivity index (χ1v) is 7.83. The third kappa shape index (κ3) is 5.63. The molecular formula is C18H17N3O6. The van der Waals surface area contributed by atoms with Crippen molar-refractivity contribution < 1.29 is 24.1 Å². The number of amides is 1. The van der Waals surface area contributed by atoms with Gasteiger partial charge in [-0.15, -0.1) is 0 Å². The first-order chi connectivity index (χ1) is 12.9. The lowest BCUT2D eigenvalue weighted by atomic mass is 10.1. The monoisotopic (exact) mass is 371 g/mol. The number of nitrogens with zero attached hydrogens (tertiary/aromatic N) is 2. The molecule has 0 spiro atoms. The lowest BCUT2D eigenvalue weighted by molar-refractivity contribution is -0.384. The Labute approximate surface area is 154 Å². The second kappa shape index (κ2) is 9.09. The van der Waals surface area contributed by atoms with Crippen LogP contribution in [-0.2, 0) is 14.4 Å². The van der Waals surface area contributed by atoms with Crippen molar-refractivity contribution in [3.05, 3.63) is 69.8 Å². The first-order valence-electron chi connectivity index (χ1n) is 7.83. The number of hydrogen-bond acceptors (Lipinski definition) is 7. The summed E-state index contributed by atoms with van der Waals surface area (Å²) in [6.45, 7) is 1.49. The SMILES string of the molecule is COC(=O)c1ccc(/C=N/OC(C)C(=O)Nc2cccc([N+](=O)[O-])c2)cc1. The Morgan fingerprint density at radius 3 is 2.56 bits per heavy atom. The van der Waals surface area contributed by atoms with Crippen molar-refractivity contribution in [2.45, 2.75) is 13.0 Å². The zero-order valence-electron chi connectivity index (χ0n) is 14.6. The fourth-order valence-corrected chi connectivity index (χ4v) is 1.99. The van der Waals surface area contributed by atoms with Crippen LogP contribution in [0.15, 0.2) is 53.7 Å². The Hall–Kier alpha value is -3.75. The van der Waals surface area contributed by atoms with Crippen molar-refractivity contribution in [3.8, 4) is 0 Å². The Morgan fingerprint density at radius 2 is 1.93 bits per heavy atom. The van der Waals surface area contributed by atoms with Gasteiger partial charge < -0.3 is 14.9 Å². The molecule has 27 heavy (non-hydrogen) atoms. The Morgan fingerprint density at radius 1 is 1.22 bits per heavy atom. The summed E-state index contributed by atoms with van der Waals surface area (Å²) in [5, 5.41) is 17.0. The summed E-state index contributed by atoms with van der Waals surface area (Å²) in [5.74, 6) is -0.949. The summed E-state index contributed by atoms with van der Waals surface area (Å²) in [4.78, 5) is 38.7. The average Bonchev–Trinajstić information content (AvgIpc) is 2.68. The number of non-ortho nitro benzene ring substituents is 1. The van der Waals surface area contributed by atoms with Gasteiger partial charge in [-0.25, -0.2) is 4.79 Å². The number of ether oxygens (including phenoxy) is 1. The predicted octanol–water partition coefficient (Wildman–Crippen LogP) is 2.76. The van der Waals surface area contributed by atoms with E-state index in [1.165, 1.54) is 44.5 Å². The van der Waals surface area contributed by atoms with Gasteiger partial charge in [0.05, 0.1) is 23.8 Å². The van der Waals surface area contributed by atoms with Crippen LogP contribution < -0.4 is 5.32 Å². The van der Waals surface area contributed by atoms with Crippen LogP contribution in [0.2, 0.25) is 0 Å². The Balaban J connectivity index is 1.90. The summed E-state index contributed by atoms with van der Waals surface area (Å²) in [6.07, 6.45) is 0.466. The molecule has 1 N–H and O–H groups in total. The molecule has 1 unspecified atom stereocenters. The molecule has 0 aliphatic heterocycles. The number of carbonyl (C=O) groups excluding carboxylic acids is 2. The summed E-state index contributed by atoms with van der Waals surface area (Å²) in [5.41, 5.74) is 1.22. The van der Waals surface area contributed by atoms with Gasteiger partial charge in [-0.1, -0.05) is 23.4 Å². The number of nitro benzene ring substituents is 1. The number of nitro groups is 1. The number of benzene rings is 2. The van der Waals surface area contributed by atoms with Crippen LogP contribution in [0.3, 0.4) is 0 Å². The fraction of sp³-hybridized carbons (Fsp3) is 0.167. The van der Waals surface area contributed by atoms with Crippen LogP contribution in [-0.4, -0.2) is 36.2 Å². The molecule has 0 aliphatic carbocycles. The van der Waals surface area contributed by atoms with E-state index in [0.29, 0.717) is 11.1 Å². The van der Waals surface area contributed by atoms with Gasteiger partial charge in [0.2, 0.25) is 6.10 Å². The maximum absolute atomic E-state index is 12.1. The number of anilines is 1. The molecule has 0 aromatic heterocycles. The van der Waals surface area contributed by atoms with Crippen molar-refractivity contribution in [1.82, 2.24) is 0 Å². The zero-order valence-corrected chi connectivity index (χ0v) is 14.6. The number of oxime groups is 1. The first kappa shape index (κ1) is 19.6. The highest BCUT2D eigenvalue weighted by molar-refractivity contribution is 5.94. The van der Waals surface area contributed by atoms with Gasteiger partial charge in [-0.05, 0) is 30.7 Å². The highest BCUT2D eigenvalue weighted by atomic mass is 16.6. The molecule has 0 radical (unpaired) electrons. The topological polar surface area (TPSA) is 120 Å². The van der Waals surface area contributed by atoms with Gasteiger partial charge in [0, 0.05) is 17.8 Å². The van der Waals surface area contributed by atoms with Crippen LogP contribution in [0.25, 0.3) is 0 Å². The smallest absolute Gasteiger partial charge is 0.337 e. The standard InChI is InChI=1S/C18H17N3O6/c1-12(17(22)20-15-4-3-5-16(10-15)21(24)25)27-19-11-13-6-8-14(9-7-13)18(23)26-2/h3-12H,1-2H3,(H,20,22)/b19-11+. The average molecular weight is 371 g/mol. The molecule has 0 bridgehead atoms. The number of esters is 1. The molecule has 0 saturated heterocycles. The quantitative estimate of drug-likeness (QED) is 0.346. The lowest BCUT2D eigenvalue weighted by Crippen LogP contribution is -2.26. The van der Waals surface area contributed by atoms with Crippen molar-refractivity contribution in [3.63, 3.8) is 0 Å². The normalized spacial score (nSPS) is 11.6. The molecule has 9 heteroatoms. The van der Waals surface area contributed by atoms with E-state index in [-0.39, 0.29) is 11.4 Å². The van der Waals surface area contributed by atoms with Crippen molar-refractivity contribution >= 4 is 29.5 Å². The Bertz CT molecular complexity index is 864. The molecule has 140 valence electrons. The third-order valence-corrected chi connectivity index (χ3v) is 3.45. The van der Waals surface area contributed by atoms with Crippen LogP contribution in [0, 0.1) is 10.1 Å².